The van der Waals surface area contributed by atoms with Gasteiger partial charge in [-0.25, -0.2) is 4.39 Å². The van der Waals surface area contributed by atoms with E-state index < -0.39 is 11.7 Å². The van der Waals surface area contributed by atoms with Gasteiger partial charge in [-0.15, -0.1) is 5.10 Å². The van der Waals surface area contributed by atoms with Crippen LogP contribution in [0.1, 0.15) is 23.5 Å². The minimum atomic E-state index is -0.647. The normalized spacial score (nSPS) is 13.8. The van der Waals surface area contributed by atoms with Crippen LogP contribution in [0.2, 0.25) is 0 Å². The highest BCUT2D eigenvalue weighted by Gasteiger charge is 2.20. The Morgan fingerprint density at radius 3 is 2.73 bits per heavy atom. The van der Waals surface area contributed by atoms with Crippen LogP contribution in [0.25, 0.3) is 16.7 Å². The van der Waals surface area contributed by atoms with Gasteiger partial charge in [0.2, 0.25) is 5.82 Å². The predicted molar refractivity (Wildman–Crippen MR) is 107 cm³/mol. The van der Waals surface area contributed by atoms with Gasteiger partial charge >= 0.3 is 0 Å². The third-order valence-electron chi connectivity index (χ3n) is 5.07. The van der Waals surface area contributed by atoms with E-state index in [1.807, 2.05) is 0 Å². The molecule has 2 aromatic carbocycles. The van der Waals surface area contributed by atoms with Gasteiger partial charge in [0.15, 0.2) is 11.4 Å². The van der Waals surface area contributed by atoms with Crippen LogP contribution in [0.3, 0.4) is 0 Å². The number of anilines is 3. The summed E-state index contributed by atoms with van der Waals surface area (Å²) >= 11 is 0. The molecule has 30 heavy (non-hydrogen) atoms. The highest BCUT2D eigenvalue weighted by atomic mass is 19.1. The van der Waals surface area contributed by atoms with Crippen molar-refractivity contribution in [3.8, 4) is 5.69 Å². The van der Waals surface area contributed by atoms with E-state index in [2.05, 4.69) is 30.9 Å². The third kappa shape index (κ3) is 3.09. The molecule has 4 aromatic rings. The summed E-state index contributed by atoms with van der Waals surface area (Å²) in [6.07, 6.45) is 2.18. The molecule has 1 aliphatic rings. The van der Waals surface area contributed by atoms with Crippen molar-refractivity contribution in [1.29, 1.82) is 0 Å². The number of nitrogens with two attached hydrogens (primary N) is 1. The first-order valence-electron chi connectivity index (χ1n) is 9.40. The molecule has 0 spiro atoms. The molecule has 1 saturated heterocycles. The van der Waals surface area contributed by atoms with Gasteiger partial charge in [-0.1, -0.05) is 5.16 Å². The summed E-state index contributed by atoms with van der Waals surface area (Å²) in [6.45, 7) is 1.81. The first-order valence-corrected chi connectivity index (χ1v) is 9.40. The number of nitrogens with zero attached hydrogens (tertiary/aromatic N) is 6. The maximum atomic E-state index is 14.6. The van der Waals surface area contributed by atoms with Crippen molar-refractivity contribution in [2.24, 2.45) is 0 Å². The fraction of sp³-hybridized carbons (Fsp3) is 0.211. The van der Waals surface area contributed by atoms with Gasteiger partial charge in [0.05, 0.1) is 16.8 Å². The third-order valence-corrected chi connectivity index (χ3v) is 5.07. The number of fused-ring (bicyclic) bond motifs is 1. The van der Waals surface area contributed by atoms with Gasteiger partial charge in [0.1, 0.15) is 5.82 Å². The Balaban J connectivity index is 1.41. The quantitative estimate of drug-likeness (QED) is 0.527. The molecule has 1 amide bonds. The Hall–Kier alpha value is -4.02. The molecular formula is C19H17FN8O2. The van der Waals surface area contributed by atoms with E-state index in [-0.39, 0.29) is 17.3 Å². The van der Waals surface area contributed by atoms with E-state index >= 15 is 0 Å². The second kappa shape index (κ2) is 7.10. The van der Waals surface area contributed by atoms with Gasteiger partial charge in [0.25, 0.3) is 5.91 Å². The predicted octanol–water partition coefficient (Wildman–Crippen LogP) is 2.38. The van der Waals surface area contributed by atoms with E-state index in [4.69, 9.17) is 10.3 Å². The number of tetrazole rings is 1. The van der Waals surface area contributed by atoms with E-state index in [1.54, 1.807) is 30.3 Å². The maximum absolute atomic E-state index is 14.6. The topological polar surface area (TPSA) is 128 Å². The summed E-state index contributed by atoms with van der Waals surface area (Å²) in [6, 6.07) is 9.71. The highest BCUT2D eigenvalue weighted by Crippen LogP contribution is 2.26. The maximum Gasteiger partial charge on any atom is 0.295 e. The largest absolute Gasteiger partial charge is 0.380 e. The van der Waals surface area contributed by atoms with Crippen LogP contribution < -0.4 is 16.0 Å². The van der Waals surface area contributed by atoms with Crippen LogP contribution >= 0.6 is 0 Å². The minimum Gasteiger partial charge on any atom is -0.380 e. The fourth-order valence-corrected chi connectivity index (χ4v) is 3.54. The summed E-state index contributed by atoms with van der Waals surface area (Å²) in [5.41, 5.74) is 7.61. The van der Waals surface area contributed by atoms with E-state index in [0.717, 1.165) is 31.6 Å². The summed E-state index contributed by atoms with van der Waals surface area (Å²) in [5, 5.41) is 18.0. The van der Waals surface area contributed by atoms with Crippen molar-refractivity contribution in [2.75, 3.05) is 29.0 Å². The molecule has 11 heteroatoms. The van der Waals surface area contributed by atoms with Gasteiger partial charge in [-0.05, 0) is 59.7 Å². The molecule has 3 N–H and O–H groups in total. The Morgan fingerprint density at radius 1 is 1.13 bits per heavy atom. The fourth-order valence-electron chi connectivity index (χ4n) is 3.54. The molecule has 152 valence electrons. The molecular weight excluding hydrogens is 391 g/mol. The Morgan fingerprint density at radius 2 is 1.93 bits per heavy atom. The second-order valence-corrected chi connectivity index (χ2v) is 6.98. The number of nitrogens with one attached hydrogen (secondary N) is 1. The number of hydrogen-bond donors (Lipinski definition) is 2. The standard InChI is InChI=1S/C19H17FN8O2/c20-14-10-11(27-7-1-2-8-27)3-5-15(14)22-19(29)18-23-25-26-28(18)12-4-6-16-13(9-12)17(21)24-30-16/h3-6,9-10H,1-2,7-8H2,(H2,21,24)(H,22,29). The summed E-state index contributed by atoms with van der Waals surface area (Å²) in [7, 11) is 0. The number of aromatic nitrogens is 5. The zero-order chi connectivity index (χ0) is 20.7. The average Bonchev–Trinajstić information content (AvgIpc) is 3.50. The van der Waals surface area contributed by atoms with Crippen LogP contribution in [0.15, 0.2) is 40.9 Å². The SMILES string of the molecule is Nc1noc2ccc(-n3nnnc3C(=O)Nc3ccc(N4CCCC4)cc3F)cc12. The highest BCUT2D eigenvalue weighted by molar-refractivity contribution is 6.02. The monoisotopic (exact) mass is 408 g/mol. The smallest absolute Gasteiger partial charge is 0.295 e. The number of carbonyl (C=O) groups excluding carboxylic acids is 1. The molecule has 1 aliphatic heterocycles. The van der Waals surface area contributed by atoms with Gasteiger partial charge in [-0.2, -0.15) is 4.68 Å². The molecule has 0 radical (unpaired) electrons. The van der Waals surface area contributed by atoms with Crippen LogP contribution in [-0.2, 0) is 0 Å². The lowest BCUT2D eigenvalue weighted by molar-refractivity contribution is 0.101. The molecule has 0 unspecified atom stereocenters. The Labute approximate surface area is 169 Å². The first kappa shape index (κ1) is 18.0. The zero-order valence-electron chi connectivity index (χ0n) is 15.7. The molecule has 5 rings (SSSR count). The molecule has 0 saturated carbocycles. The van der Waals surface area contributed by atoms with Crippen molar-refractivity contribution in [3.63, 3.8) is 0 Å². The van der Waals surface area contributed by atoms with Crippen LogP contribution in [0.5, 0.6) is 0 Å². The molecule has 10 nitrogen and oxygen atoms in total. The molecule has 0 aliphatic carbocycles. The minimum absolute atomic E-state index is 0.0521. The lowest BCUT2D eigenvalue weighted by atomic mass is 10.2. The number of amides is 1. The zero-order valence-corrected chi connectivity index (χ0v) is 15.7. The summed E-state index contributed by atoms with van der Waals surface area (Å²) < 4.78 is 20.9. The van der Waals surface area contributed by atoms with Crippen molar-refractivity contribution in [3.05, 3.63) is 48.0 Å². The summed E-state index contributed by atoms with van der Waals surface area (Å²) in [5.74, 6) is -1.06. The number of rotatable bonds is 4. The molecule has 0 bridgehead atoms. The molecule has 3 heterocycles. The average molecular weight is 408 g/mol. The first-order chi connectivity index (χ1) is 14.6. The molecule has 1 fully saturated rings. The lowest BCUT2D eigenvalue weighted by Gasteiger charge is -2.18. The van der Waals surface area contributed by atoms with Crippen molar-refractivity contribution in [2.45, 2.75) is 12.8 Å². The number of carbonyl (C=O) groups is 1. The van der Waals surface area contributed by atoms with E-state index in [9.17, 15) is 9.18 Å². The van der Waals surface area contributed by atoms with Gasteiger partial charge in [-0.3, -0.25) is 4.79 Å². The van der Waals surface area contributed by atoms with Gasteiger partial charge in [0, 0.05) is 18.8 Å². The van der Waals surface area contributed by atoms with Crippen molar-refractivity contribution < 1.29 is 13.7 Å². The van der Waals surface area contributed by atoms with Crippen LogP contribution in [-0.4, -0.2) is 44.4 Å². The molecule has 2 aromatic heterocycles. The Kier molecular flexibility index (Phi) is 4.27. The van der Waals surface area contributed by atoms with Crippen molar-refractivity contribution in [1.82, 2.24) is 25.4 Å². The van der Waals surface area contributed by atoms with Crippen molar-refractivity contribution >= 4 is 34.1 Å². The van der Waals surface area contributed by atoms with E-state index in [1.165, 1.54) is 10.7 Å². The number of halogens is 1. The Bertz CT molecular complexity index is 1240. The number of hydrogen-bond acceptors (Lipinski definition) is 8. The number of benzene rings is 2. The lowest BCUT2D eigenvalue weighted by Crippen LogP contribution is -2.20. The van der Waals surface area contributed by atoms with Crippen LogP contribution in [0, 0.1) is 5.82 Å². The van der Waals surface area contributed by atoms with Gasteiger partial charge < -0.3 is 20.5 Å². The van der Waals surface area contributed by atoms with Crippen LogP contribution in [0.4, 0.5) is 21.6 Å². The van der Waals surface area contributed by atoms with E-state index in [0.29, 0.717) is 16.7 Å². The molecule has 0 atom stereocenters. The second-order valence-electron chi connectivity index (χ2n) is 6.98. The number of nitrogen functional groups attached to an aromatic ring is 1. The summed E-state index contributed by atoms with van der Waals surface area (Å²) in [4.78, 5) is 14.8.